The summed E-state index contributed by atoms with van der Waals surface area (Å²) < 4.78 is 15.0. The van der Waals surface area contributed by atoms with Crippen molar-refractivity contribution >= 4 is 46.9 Å². The van der Waals surface area contributed by atoms with Gasteiger partial charge in [0.25, 0.3) is 0 Å². The molecule has 1 aliphatic heterocycles. The maximum Gasteiger partial charge on any atom is 0.337 e. The number of hydrogen-bond donors (Lipinski definition) is 3. The standard InChI is InChI=1S/C25H33N7O5S/c1-16-12-17(2)28-24(27-16)30-23(26-6-5-7-32-8-10-37-11-9-32)31-25(38)29-20-14-18(21(33)35-3)13-19(15-20)22(34)36-4/h12-15H,5-11H2,1-4H3,(H3,26,27,28,29,30,31,38). The van der Waals surface area contributed by atoms with Gasteiger partial charge < -0.3 is 24.8 Å². The summed E-state index contributed by atoms with van der Waals surface area (Å²) in [7, 11) is 2.52. The predicted octanol–water partition coefficient (Wildman–Crippen LogP) is 2.14. The molecule has 38 heavy (non-hydrogen) atoms. The molecular formula is C25H33N7O5S. The van der Waals surface area contributed by atoms with Crippen LogP contribution in [-0.2, 0) is 14.2 Å². The molecule has 0 aliphatic carbocycles. The van der Waals surface area contributed by atoms with E-state index in [0.29, 0.717) is 24.1 Å². The maximum absolute atomic E-state index is 12.1. The minimum atomic E-state index is -0.603. The van der Waals surface area contributed by atoms with Crippen molar-refractivity contribution in [3.8, 4) is 0 Å². The van der Waals surface area contributed by atoms with Gasteiger partial charge in [-0.05, 0) is 56.8 Å². The Morgan fingerprint density at radius 1 is 1.00 bits per heavy atom. The second-order valence-electron chi connectivity index (χ2n) is 8.50. The first-order chi connectivity index (χ1) is 18.3. The molecule has 0 atom stereocenters. The maximum atomic E-state index is 12.1. The van der Waals surface area contributed by atoms with Crippen LogP contribution in [0.5, 0.6) is 0 Å². The number of methoxy groups -OCH3 is 2. The third-order valence-corrected chi connectivity index (χ3v) is 5.69. The van der Waals surface area contributed by atoms with Crippen LogP contribution in [-0.4, -0.2) is 91.5 Å². The minimum absolute atomic E-state index is 0.166. The largest absolute Gasteiger partial charge is 0.465 e. The monoisotopic (exact) mass is 543 g/mol. The average molecular weight is 544 g/mol. The number of aromatic nitrogens is 2. The Morgan fingerprint density at radius 3 is 2.18 bits per heavy atom. The summed E-state index contributed by atoms with van der Waals surface area (Å²) >= 11 is 5.50. The third-order valence-electron chi connectivity index (χ3n) is 5.48. The van der Waals surface area contributed by atoms with Crippen molar-refractivity contribution in [2.45, 2.75) is 20.3 Å². The smallest absolute Gasteiger partial charge is 0.337 e. The van der Waals surface area contributed by atoms with E-state index in [1.54, 1.807) is 0 Å². The van der Waals surface area contributed by atoms with Crippen LogP contribution in [0.4, 0.5) is 11.6 Å². The van der Waals surface area contributed by atoms with Gasteiger partial charge in [0, 0.05) is 43.3 Å². The fraction of sp³-hybridized carbons (Fsp3) is 0.440. The number of ether oxygens (including phenoxy) is 3. The molecule has 1 saturated heterocycles. The first-order valence-electron chi connectivity index (χ1n) is 12.1. The SMILES string of the molecule is COC(=O)c1cc(NC(=S)NC(=NCCCN2CCOCC2)Nc2nc(C)cc(C)n2)cc(C(=O)OC)c1. The van der Waals surface area contributed by atoms with Crippen LogP contribution in [0.2, 0.25) is 0 Å². The number of aryl methyl sites for hydroxylation is 2. The number of nitrogens with zero attached hydrogens (tertiary/aromatic N) is 4. The van der Waals surface area contributed by atoms with E-state index in [2.05, 4.69) is 35.8 Å². The van der Waals surface area contributed by atoms with E-state index in [0.717, 1.165) is 50.7 Å². The molecule has 1 fully saturated rings. The molecule has 13 heteroatoms. The number of anilines is 2. The Hall–Kier alpha value is -3.68. The van der Waals surface area contributed by atoms with E-state index in [9.17, 15) is 9.59 Å². The summed E-state index contributed by atoms with van der Waals surface area (Å²) in [5.41, 5.74) is 2.34. The highest BCUT2D eigenvalue weighted by atomic mass is 32.1. The molecule has 0 amide bonds. The van der Waals surface area contributed by atoms with Gasteiger partial charge in [-0.2, -0.15) is 0 Å². The van der Waals surface area contributed by atoms with Crippen molar-refractivity contribution in [3.63, 3.8) is 0 Å². The summed E-state index contributed by atoms with van der Waals surface area (Å²) in [5, 5.41) is 9.29. The number of guanidine groups is 1. The van der Waals surface area contributed by atoms with E-state index in [4.69, 9.17) is 26.4 Å². The normalized spacial score (nSPS) is 13.9. The number of nitrogens with one attached hydrogen (secondary N) is 3. The Labute approximate surface area is 227 Å². The van der Waals surface area contributed by atoms with Crippen molar-refractivity contribution in [1.82, 2.24) is 20.2 Å². The van der Waals surface area contributed by atoms with Crippen LogP contribution >= 0.6 is 12.2 Å². The third kappa shape index (κ3) is 9.01. The molecule has 2 heterocycles. The number of thiocarbonyl (C=S) groups is 1. The van der Waals surface area contributed by atoms with Gasteiger partial charge in [0.05, 0.1) is 38.6 Å². The number of rotatable bonds is 8. The van der Waals surface area contributed by atoms with Crippen molar-refractivity contribution in [2.24, 2.45) is 4.99 Å². The van der Waals surface area contributed by atoms with Crippen LogP contribution < -0.4 is 16.0 Å². The first-order valence-corrected chi connectivity index (χ1v) is 12.5. The minimum Gasteiger partial charge on any atom is -0.465 e. The quantitative estimate of drug-likeness (QED) is 0.148. The fourth-order valence-electron chi connectivity index (χ4n) is 3.75. The van der Waals surface area contributed by atoms with Gasteiger partial charge in [-0.15, -0.1) is 0 Å². The zero-order chi connectivity index (χ0) is 27.5. The molecule has 3 rings (SSSR count). The van der Waals surface area contributed by atoms with Crippen LogP contribution in [0.15, 0.2) is 29.3 Å². The summed E-state index contributed by atoms with van der Waals surface area (Å²) in [5.74, 6) is -0.472. The zero-order valence-electron chi connectivity index (χ0n) is 22.0. The predicted molar refractivity (Wildman–Crippen MR) is 148 cm³/mol. The Morgan fingerprint density at radius 2 is 1.61 bits per heavy atom. The van der Waals surface area contributed by atoms with Gasteiger partial charge in [-0.3, -0.25) is 15.2 Å². The van der Waals surface area contributed by atoms with Gasteiger partial charge >= 0.3 is 11.9 Å². The van der Waals surface area contributed by atoms with E-state index in [1.165, 1.54) is 32.4 Å². The van der Waals surface area contributed by atoms with Crippen molar-refractivity contribution in [2.75, 3.05) is 64.2 Å². The first kappa shape index (κ1) is 28.9. The van der Waals surface area contributed by atoms with Crippen LogP contribution in [0.3, 0.4) is 0 Å². The molecule has 2 aromatic rings. The van der Waals surface area contributed by atoms with Gasteiger partial charge in [-0.1, -0.05) is 0 Å². The molecule has 0 spiro atoms. The van der Waals surface area contributed by atoms with Gasteiger partial charge in [0.15, 0.2) is 5.11 Å². The number of carbonyl (C=O) groups is 2. The van der Waals surface area contributed by atoms with Crippen molar-refractivity contribution in [1.29, 1.82) is 0 Å². The highest BCUT2D eigenvalue weighted by Crippen LogP contribution is 2.17. The number of morpholine rings is 1. The van der Waals surface area contributed by atoms with Crippen LogP contribution in [0.25, 0.3) is 0 Å². The molecule has 0 saturated carbocycles. The number of hydrogen-bond acceptors (Lipinski definition) is 10. The topological polar surface area (TPSA) is 139 Å². The second kappa shape index (κ2) is 14.3. The number of aliphatic imine (C=N–C) groups is 1. The zero-order valence-corrected chi connectivity index (χ0v) is 22.8. The lowest BCUT2D eigenvalue weighted by Crippen LogP contribution is -2.39. The number of carbonyl (C=O) groups excluding carboxylic acids is 2. The lowest BCUT2D eigenvalue weighted by atomic mass is 10.1. The average Bonchev–Trinajstić information content (AvgIpc) is 2.89. The van der Waals surface area contributed by atoms with Gasteiger partial charge in [0.2, 0.25) is 11.9 Å². The van der Waals surface area contributed by atoms with E-state index in [-0.39, 0.29) is 16.2 Å². The molecule has 1 aromatic carbocycles. The molecule has 1 aliphatic rings. The fourth-order valence-corrected chi connectivity index (χ4v) is 3.96. The van der Waals surface area contributed by atoms with E-state index >= 15 is 0 Å². The highest BCUT2D eigenvalue weighted by Gasteiger charge is 2.15. The molecular weight excluding hydrogens is 510 g/mol. The summed E-state index contributed by atoms with van der Waals surface area (Å²) in [6.45, 7) is 8.51. The summed E-state index contributed by atoms with van der Waals surface area (Å²) in [6, 6.07) is 6.30. The number of benzene rings is 1. The molecule has 12 nitrogen and oxygen atoms in total. The van der Waals surface area contributed by atoms with Gasteiger partial charge in [-0.25, -0.2) is 19.6 Å². The van der Waals surface area contributed by atoms with Crippen molar-refractivity contribution in [3.05, 3.63) is 46.8 Å². The molecule has 0 unspecified atom stereocenters. The Bertz CT molecular complexity index is 1130. The summed E-state index contributed by atoms with van der Waals surface area (Å²) in [4.78, 5) is 40.0. The summed E-state index contributed by atoms with van der Waals surface area (Å²) in [6.07, 6.45) is 0.838. The highest BCUT2D eigenvalue weighted by molar-refractivity contribution is 7.80. The molecule has 3 N–H and O–H groups in total. The molecule has 0 bridgehead atoms. The molecule has 1 aromatic heterocycles. The van der Waals surface area contributed by atoms with Crippen LogP contribution in [0, 0.1) is 13.8 Å². The van der Waals surface area contributed by atoms with Crippen molar-refractivity contribution < 1.29 is 23.8 Å². The van der Waals surface area contributed by atoms with E-state index < -0.39 is 11.9 Å². The molecule has 204 valence electrons. The lowest BCUT2D eigenvalue weighted by Gasteiger charge is -2.26. The Kier molecular flexibility index (Phi) is 10.9. The van der Waals surface area contributed by atoms with Crippen LogP contribution in [0.1, 0.15) is 38.5 Å². The Balaban J connectivity index is 1.74. The second-order valence-corrected chi connectivity index (χ2v) is 8.91. The van der Waals surface area contributed by atoms with Gasteiger partial charge in [0.1, 0.15) is 0 Å². The lowest BCUT2D eigenvalue weighted by molar-refractivity contribution is 0.0377. The van der Waals surface area contributed by atoms with E-state index in [1.807, 2.05) is 19.9 Å². The molecule has 0 radical (unpaired) electrons. The number of esters is 2.